The second-order valence-corrected chi connectivity index (χ2v) is 4.72. The van der Waals surface area contributed by atoms with Crippen LogP contribution in [0.15, 0.2) is 36.4 Å². The molecular formula is C14H8ClF5O. The molecule has 1 atom stereocenters. The first kappa shape index (κ1) is 15.7. The molecule has 0 fully saturated rings. The van der Waals surface area contributed by atoms with Gasteiger partial charge in [-0.25, -0.2) is 8.78 Å². The van der Waals surface area contributed by atoms with Gasteiger partial charge in [-0.2, -0.15) is 13.2 Å². The van der Waals surface area contributed by atoms with E-state index in [-0.39, 0.29) is 5.56 Å². The van der Waals surface area contributed by atoms with Gasteiger partial charge < -0.3 is 5.11 Å². The summed E-state index contributed by atoms with van der Waals surface area (Å²) in [7, 11) is 0. The predicted molar refractivity (Wildman–Crippen MR) is 66.9 cm³/mol. The largest absolute Gasteiger partial charge is 0.416 e. The third-order valence-electron chi connectivity index (χ3n) is 2.86. The number of benzene rings is 2. The maximum absolute atomic E-state index is 13.7. The highest BCUT2D eigenvalue weighted by molar-refractivity contribution is 6.30. The van der Waals surface area contributed by atoms with Crippen LogP contribution < -0.4 is 0 Å². The summed E-state index contributed by atoms with van der Waals surface area (Å²) in [4.78, 5) is 0. The van der Waals surface area contributed by atoms with Crippen molar-refractivity contribution in [3.05, 3.63) is 69.7 Å². The Hall–Kier alpha value is -1.66. The molecule has 0 bridgehead atoms. The van der Waals surface area contributed by atoms with Crippen molar-refractivity contribution in [1.29, 1.82) is 0 Å². The summed E-state index contributed by atoms with van der Waals surface area (Å²) in [6.07, 6.45) is -6.33. The first-order valence-corrected chi connectivity index (χ1v) is 6.07. The summed E-state index contributed by atoms with van der Waals surface area (Å²) in [6, 6.07) is 5.06. The molecule has 2 rings (SSSR count). The number of aliphatic hydroxyl groups is 1. The Morgan fingerprint density at radius 2 is 1.67 bits per heavy atom. The lowest BCUT2D eigenvalue weighted by atomic mass is 9.99. The van der Waals surface area contributed by atoms with Gasteiger partial charge in [-0.05, 0) is 29.8 Å². The lowest BCUT2D eigenvalue weighted by molar-refractivity contribution is -0.137. The molecule has 1 nitrogen and oxygen atoms in total. The molecule has 0 radical (unpaired) electrons. The molecular weight excluding hydrogens is 315 g/mol. The van der Waals surface area contributed by atoms with Gasteiger partial charge in [0.15, 0.2) is 0 Å². The van der Waals surface area contributed by atoms with Crippen molar-refractivity contribution >= 4 is 11.6 Å². The Bertz CT molecular complexity index is 669. The number of aliphatic hydroxyl groups excluding tert-OH is 1. The molecule has 2 aromatic rings. The number of hydrogen-bond acceptors (Lipinski definition) is 1. The number of halogens is 6. The lowest BCUT2D eigenvalue weighted by Crippen LogP contribution is -2.08. The van der Waals surface area contributed by atoms with Gasteiger partial charge >= 0.3 is 6.18 Å². The van der Waals surface area contributed by atoms with Gasteiger partial charge in [0.1, 0.15) is 17.7 Å². The van der Waals surface area contributed by atoms with Crippen LogP contribution in [0, 0.1) is 11.6 Å². The Balaban J connectivity index is 2.45. The van der Waals surface area contributed by atoms with E-state index in [9.17, 15) is 27.1 Å². The molecule has 0 saturated heterocycles. The molecule has 0 amide bonds. The van der Waals surface area contributed by atoms with Crippen molar-refractivity contribution in [3.63, 3.8) is 0 Å². The molecule has 1 unspecified atom stereocenters. The molecule has 21 heavy (non-hydrogen) atoms. The van der Waals surface area contributed by atoms with Crippen LogP contribution in [0.25, 0.3) is 0 Å². The van der Waals surface area contributed by atoms with Gasteiger partial charge in [-0.1, -0.05) is 23.7 Å². The average molecular weight is 323 g/mol. The van der Waals surface area contributed by atoms with Crippen molar-refractivity contribution in [2.75, 3.05) is 0 Å². The summed E-state index contributed by atoms with van der Waals surface area (Å²) in [6.45, 7) is 0. The maximum Gasteiger partial charge on any atom is 0.416 e. The molecule has 0 spiro atoms. The zero-order valence-corrected chi connectivity index (χ0v) is 11.0. The molecule has 0 aliphatic carbocycles. The zero-order chi connectivity index (χ0) is 15.8. The summed E-state index contributed by atoms with van der Waals surface area (Å²) in [5.74, 6) is -1.98. The quantitative estimate of drug-likeness (QED) is 0.626. The Morgan fingerprint density at radius 3 is 2.29 bits per heavy atom. The highest BCUT2D eigenvalue weighted by Gasteiger charge is 2.31. The fourth-order valence-corrected chi connectivity index (χ4v) is 1.96. The van der Waals surface area contributed by atoms with Crippen LogP contribution in [0.3, 0.4) is 0 Å². The minimum Gasteiger partial charge on any atom is -0.384 e. The van der Waals surface area contributed by atoms with Gasteiger partial charge in [0, 0.05) is 5.56 Å². The van der Waals surface area contributed by atoms with Crippen molar-refractivity contribution in [2.24, 2.45) is 0 Å². The number of alkyl halides is 3. The maximum atomic E-state index is 13.7. The third kappa shape index (κ3) is 3.33. The molecule has 1 N–H and O–H groups in total. The monoisotopic (exact) mass is 322 g/mol. The van der Waals surface area contributed by atoms with Gasteiger partial charge in [0.05, 0.1) is 10.6 Å². The summed E-state index contributed by atoms with van der Waals surface area (Å²) in [5, 5.41) is 9.48. The highest BCUT2D eigenvalue weighted by Crippen LogP contribution is 2.33. The summed E-state index contributed by atoms with van der Waals surface area (Å²) < 4.78 is 64.8. The van der Waals surface area contributed by atoms with E-state index in [1.54, 1.807) is 0 Å². The van der Waals surface area contributed by atoms with Crippen LogP contribution in [-0.4, -0.2) is 5.11 Å². The zero-order valence-electron chi connectivity index (χ0n) is 10.3. The second kappa shape index (κ2) is 5.61. The van der Waals surface area contributed by atoms with E-state index in [0.29, 0.717) is 18.2 Å². The van der Waals surface area contributed by atoms with E-state index < -0.39 is 40.1 Å². The van der Waals surface area contributed by atoms with Crippen LogP contribution in [0.2, 0.25) is 5.02 Å². The van der Waals surface area contributed by atoms with E-state index in [0.717, 1.165) is 12.1 Å². The Morgan fingerprint density at radius 1 is 1.00 bits per heavy atom. The van der Waals surface area contributed by atoms with Gasteiger partial charge in [-0.3, -0.25) is 0 Å². The summed E-state index contributed by atoms with van der Waals surface area (Å²) >= 11 is 5.38. The fraction of sp³-hybridized carbons (Fsp3) is 0.143. The molecule has 2 aromatic carbocycles. The first-order chi connectivity index (χ1) is 9.70. The van der Waals surface area contributed by atoms with Crippen molar-refractivity contribution in [2.45, 2.75) is 12.3 Å². The standard InChI is InChI=1S/C14H8ClF5O/c15-10-6-11(16)9(5-12(10)17)13(21)7-2-1-3-8(4-7)14(18,19)20/h1-6,13,21H. The number of hydrogen-bond donors (Lipinski definition) is 1. The van der Waals surface area contributed by atoms with E-state index in [1.165, 1.54) is 6.07 Å². The van der Waals surface area contributed by atoms with Crippen LogP contribution >= 0.6 is 11.6 Å². The van der Waals surface area contributed by atoms with Gasteiger partial charge in [-0.15, -0.1) is 0 Å². The first-order valence-electron chi connectivity index (χ1n) is 5.70. The van der Waals surface area contributed by atoms with Gasteiger partial charge in [0.25, 0.3) is 0 Å². The average Bonchev–Trinajstić information content (AvgIpc) is 2.41. The topological polar surface area (TPSA) is 20.2 Å². The SMILES string of the molecule is OC(c1cccc(C(F)(F)F)c1)c1cc(F)c(Cl)cc1F. The van der Waals surface area contributed by atoms with Crippen molar-refractivity contribution in [3.8, 4) is 0 Å². The molecule has 0 heterocycles. The highest BCUT2D eigenvalue weighted by atomic mass is 35.5. The fourth-order valence-electron chi connectivity index (χ4n) is 1.81. The van der Waals surface area contributed by atoms with E-state index in [4.69, 9.17) is 11.6 Å². The Labute approximate surface area is 121 Å². The van der Waals surface area contributed by atoms with Crippen LogP contribution in [-0.2, 0) is 6.18 Å². The Kier molecular flexibility index (Phi) is 4.20. The van der Waals surface area contributed by atoms with E-state index in [1.807, 2.05) is 0 Å². The normalized spacial score (nSPS) is 13.3. The molecule has 0 aromatic heterocycles. The third-order valence-corrected chi connectivity index (χ3v) is 3.15. The van der Waals surface area contributed by atoms with Crippen LogP contribution in [0.1, 0.15) is 22.8 Å². The van der Waals surface area contributed by atoms with E-state index in [2.05, 4.69) is 0 Å². The van der Waals surface area contributed by atoms with Crippen molar-refractivity contribution < 1.29 is 27.1 Å². The molecule has 0 saturated carbocycles. The second-order valence-electron chi connectivity index (χ2n) is 4.31. The van der Waals surface area contributed by atoms with Gasteiger partial charge in [0.2, 0.25) is 0 Å². The van der Waals surface area contributed by atoms with E-state index >= 15 is 0 Å². The minimum atomic E-state index is -4.60. The summed E-state index contributed by atoms with van der Waals surface area (Å²) in [5.41, 5.74) is -1.68. The predicted octanol–water partition coefficient (Wildman–Crippen LogP) is 4.72. The molecule has 0 aliphatic rings. The smallest absolute Gasteiger partial charge is 0.384 e. The lowest BCUT2D eigenvalue weighted by Gasteiger charge is -2.15. The minimum absolute atomic E-state index is 0.203. The van der Waals surface area contributed by atoms with Crippen LogP contribution in [0.4, 0.5) is 22.0 Å². The van der Waals surface area contributed by atoms with Crippen molar-refractivity contribution in [1.82, 2.24) is 0 Å². The molecule has 112 valence electrons. The van der Waals surface area contributed by atoms with Crippen LogP contribution in [0.5, 0.6) is 0 Å². The molecule has 0 aliphatic heterocycles. The molecule has 7 heteroatoms. The number of rotatable bonds is 2.